The average Bonchev–Trinajstić information content (AvgIpc) is 2.48. The summed E-state index contributed by atoms with van der Waals surface area (Å²) in [4.78, 5) is 16.1. The Morgan fingerprint density at radius 2 is 1.76 bits per heavy atom. The van der Waals surface area contributed by atoms with Crippen molar-refractivity contribution in [1.29, 1.82) is 0 Å². The molecular formula is C16H16FN3O. The van der Waals surface area contributed by atoms with E-state index in [0.717, 1.165) is 5.56 Å². The predicted octanol–water partition coefficient (Wildman–Crippen LogP) is 2.96. The zero-order chi connectivity index (χ0) is 15.2. The van der Waals surface area contributed by atoms with Crippen LogP contribution in [0.5, 0.6) is 0 Å². The minimum atomic E-state index is -0.340. The molecule has 0 aliphatic rings. The molecule has 0 bridgehead atoms. The summed E-state index contributed by atoms with van der Waals surface area (Å²) in [5.74, 6) is -0.0621. The number of hydrogen-bond acceptors (Lipinski definition) is 2. The van der Waals surface area contributed by atoms with Gasteiger partial charge in [-0.15, -0.1) is 0 Å². The van der Waals surface area contributed by atoms with Crippen LogP contribution in [-0.4, -0.2) is 11.7 Å². The van der Waals surface area contributed by atoms with E-state index in [1.807, 2.05) is 12.1 Å². The van der Waals surface area contributed by atoms with Gasteiger partial charge in [0.1, 0.15) is 5.82 Å². The fraction of sp³-hybridized carbons (Fsp3) is 0.125. The van der Waals surface area contributed by atoms with Crippen LogP contribution in [0.3, 0.4) is 0 Å². The molecule has 0 heterocycles. The lowest BCUT2D eigenvalue weighted by Crippen LogP contribution is -2.11. The largest absolute Gasteiger partial charge is 0.388 e. The van der Waals surface area contributed by atoms with Gasteiger partial charge in [-0.2, -0.15) is 0 Å². The highest BCUT2D eigenvalue weighted by Crippen LogP contribution is 2.11. The highest BCUT2D eigenvalue weighted by molar-refractivity contribution is 6.04. The van der Waals surface area contributed by atoms with E-state index in [0.29, 0.717) is 23.6 Å². The van der Waals surface area contributed by atoms with E-state index >= 15 is 0 Å². The molecule has 0 saturated heterocycles. The first-order chi connectivity index (χ1) is 10.0. The number of benzene rings is 2. The molecule has 5 heteroatoms. The lowest BCUT2D eigenvalue weighted by atomic mass is 10.1. The van der Waals surface area contributed by atoms with E-state index in [1.54, 1.807) is 19.1 Å². The molecule has 0 unspecified atom stereocenters. The third-order valence-corrected chi connectivity index (χ3v) is 2.83. The average molecular weight is 285 g/mol. The van der Waals surface area contributed by atoms with Crippen LogP contribution in [0, 0.1) is 5.82 Å². The minimum absolute atomic E-state index is 0.244. The van der Waals surface area contributed by atoms with Gasteiger partial charge in [0.15, 0.2) is 0 Å². The Balaban J connectivity index is 2.02. The Bertz CT molecular complexity index is 644. The summed E-state index contributed by atoms with van der Waals surface area (Å²) in [5, 5.41) is 2.70. The number of aliphatic imine (C=N–C) groups is 1. The maximum absolute atomic E-state index is 12.8. The number of halogens is 1. The zero-order valence-electron chi connectivity index (χ0n) is 11.6. The molecule has 0 fully saturated rings. The number of anilines is 1. The number of nitrogens with two attached hydrogens (primary N) is 1. The normalized spacial score (nSPS) is 11.2. The second kappa shape index (κ2) is 6.65. The smallest absolute Gasteiger partial charge is 0.255 e. The summed E-state index contributed by atoms with van der Waals surface area (Å²) in [6.07, 6.45) is 0. The molecule has 4 nitrogen and oxygen atoms in total. The molecule has 2 aromatic carbocycles. The second-order valence-electron chi connectivity index (χ2n) is 4.62. The van der Waals surface area contributed by atoms with E-state index in [4.69, 9.17) is 5.73 Å². The highest BCUT2D eigenvalue weighted by atomic mass is 19.1. The summed E-state index contributed by atoms with van der Waals surface area (Å²) in [7, 11) is 0. The SMILES string of the molecule is CC(N)=NCc1ccc(C(=O)Nc2ccc(F)cc2)cc1. The number of rotatable bonds is 4. The van der Waals surface area contributed by atoms with Gasteiger partial charge in [-0.05, 0) is 48.9 Å². The van der Waals surface area contributed by atoms with Gasteiger partial charge in [-0.3, -0.25) is 9.79 Å². The van der Waals surface area contributed by atoms with E-state index in [1.165, 1.54) is 24.3 Å². The predicted molar refractivity (Wildman–Crippen MR) is 81.8 cm³/mol. The summed E-state index contributed by atoms with van der Waals surface area (Å²) in [6.45, 7) is 2.21. The van der Waals surface area contributed by atoms with Gasteiger partial charge in [0.25, 0.3) is 5.91 Å². The summed E-state index contributed by atoms with van der Waals surface area (Å²) in [6, 6.07) is 12.7. The van der Waals surface area contributed by atoms with Crippen LogP contribution in [0.25, 0.3) is 0 Å². The first-order valence-corrected chi connectivity index (χ1v) is 6.47. The van der Waals surface area contributed by atoms with Crippen molar-refractivity contribution in [1.82, 2.24) is 0 Å². The topological polar surface area (TPSA) is 67.5 Å². The van der Waals surface area contributed by atoms with Crippen LogP contribution >= 0.6 is 0 Å². The van der Waals surface area contributed by atoms with Crippen LogP contribution in [0.4, 0.5) is 10.1 Å². The molecule has 0 aliphatic carbocycles. The molecule has 2 aromatic rings. The number of amidine groups is 1. The van der Waals surface area contributed by atoms with Crippen molar-refractivity contribution < 1.29 is 9.18 Å². The molecule has 0 spiro atoms. The van der Waals surface area contributed by atoms with Crippen molar-refractivity contribution >= 4 is 17.4 Å². The lowest BCUT2D eigenvalue weighted by molar-refractivity contribution is 0.102. The first-order valence-electron chi connectivity index (χ1n) is 6.47. The van der Waals surface area contributed by atoms with Gasteiger partial charge in [0.2, 0.25) is 0 Å². The van der Waals surface area contributed by atoms with Crippen LogP contribution in [0.1, 0.15) is 22.8 Å². The standard InChI is InChI=1S/C16H16FN3O/c1-11(18)19-10-12-2-4-13(5-3-12)16(21)20-15-8-6-14(17)7-9-15/h2-9H,10H2,1H3,(H2,18,19)(H,20,21). The van der Waals surface area contributed by atoms with Gasteiger partial charge >= 0.3 is 0 Å². The number of nitrogens with zero attached hydrogens (tertiary/aromatic N) is 1. The number of carbonyl (C=O) groups excluding carboxylic acids is 1. The number of nitrogens with one attached hydrogen (secondary N) is 1. The van der Waals surface area contributed by atoms with Crippen LogP contribution in [-0.2, 0) is 6.54 Å². The number of carbonyl (C=O) groups is 1. The van der Waals surface area contributed by atoms with Crippen LogP contribution < -0.4 is 11.1 Å². The minimum Gasteiger partial charge on any atom is -0.388 e. The fourth-order valence-electron chi connectivity index (χ4n) is 1.71. The van der Waals surface area contributed by atoms with Crippen molar-refractivity contribution in [3.8, 4) is 0 Å². The van der Waals surface area contributed by atoms with Gasteiger partial charge < -0.3 is 11.1 Å². The molecule has 0 radical (unpaired) electrons. The summed E-state index contributed by atoms with van der Waals surface area (Å²) in [5.41, 5.74) is 7.52. The molecule has 2 rings (SSSR count). The summed E-state index contributed by atoms with van der Waals surface area (Å²) < 4.78 is 12.8. The third-order valence-electron chi connectivity index (χ3n) is 2.83. The van der Waals surface area contributed by atoms with E-state index in [9.17, 15) is 9.18 Å². The summed E-state index contributed by atoms with van der Waals surface area (Å²) >= 11 is 0. The molecular weight excluding hydrogens is 269 g/mol. The van der Waals surface area contributed by atoms with Crippen LogP contribution in [0.15, 0.2) is 53.5 Å². The first kappa shape index (κ1) is 14.7. The van der Waals surface area contributed by atoms with Crippen molar-refractivity contribution in [2.45, 2.75) is 13.5 Å². The monoisotopic (exact) mass is 285 g/mol. The molecule has 0 aromatic heterocycles. The zero-order valence-corrected chi connectivity index (χ0v) is 11.6. The highest BCUT2D eigenvalue weighted by Gasteiger charge is 2.06. The maximum Gasteiger partial charge on any atom is 0.255 e. The third kappa shape index (κ3) is 4.42. The molecule has 0 atom stereocenters. The fourth-order valence-corrected chi connectivity index (χ4v) is 1.71. The van der Waals surface area contributed by atoms with Gasteiger partial charge in [-0.1, -0.05) is 12.1 Å². The van der Waals surface area contributed by atoms with E-state index in [-0.39, 0.29) is 11.7 Å². The molecule has 0 saturated carbocycles. The van der Waals surface area contributed by atoms with Crippen molar-refractivity contribution in [2.75, 3.05) is 5.32 Å². The number of amides is 1. The Labute approximate surface area is 122 Å². The Morgan fingerprint density at radius 1 is 1.14 bits per heavy atom. The molecule has 0 aliphatic heterocycles. The Kier molecular flexibility index (Phi) is 4.66. The van der Waals surface area contributed by atoms with E-state index in [2.05, 4.69) is 10.3 Å². The quantitative estimate of drug-likeness (QED) is 0.670. The molecule has 108 valence electrons. The lowest BCUT2D eigenvalue weighted by Gasteiger charge is -2.06. The Hall–Kier alpha value is -2.69. The van der Waals surface area contributed by atoms with E-state index < -0.39 is 0 Å². The van der Waals surface area contributed by atoms with Crippen molar-refractivity contribution in [3.63, 3.8) is 0 Å². The van der Waals surface area contributed by atoms with Crippen LogP contribution in [0.2, 0.25) is 0 Å². The number of hydrogen-bond donors (Lipinski definition) is 2. The van der Waals surface area contributed by atoms with Gasteiger partial charge in [0, 0.05) is 11.3 Å². The Morgan fingerprint density at radius 3 is 2.33 bits per heavy atom. The van der Waals surface area contributed by atoms with Crippen molar-refractivity contribution in [2.24, 2.45) is 10.7 Å². The molecule has 3 N–H and O–H groups in total. The van der Waals surface area contributed by atoms with Crippen molar-refractivity contribution in [3.05, 3.63) is 65.5 Å². The molecule has 1 amide bonds. The maximum atomic E-state index is 12.8. The second-order valence-corrected chi connectivity index (χ2v) is 4.62. The van der Waals surface area contributed by atoms with Gasteiger partial charge in [-0.25, -0.2) is 4.39 Å². The molecule has 21 heavy (non-hydrogen) atoms. The van der Waals surface area contributed by atoms with Gasteiger partial charge in [0.05, 0.1) is 12.4 Å².